The molecular weight excluding hydrogens is 298 g/mol. The summed E-state index contributed by atoms with van der Waals surface area (Å²) in [5.41, 5.74) is 7.11. The molecule has 1 nitrogen and oxygen atoms in total. The van der Waals surface area contributed by atoms with Crippen LogP contribution in [0.3, 0.4) is 0 Å². The Hall–Kier alpha value is -1.93. The Morgan fingerprint density at radius 2 is 1.96 bits per heavy atom. The van der Waals surface area contributed by atoms with Crippen molar-refractivity contribution in [2.24, 2.45) is 0 Å². The maximum Gasteiger partial charge on any atom is 0.0794 e. The van der Waals surface area contributed by atoms with Crippen LogP contribution in [0.5, 0.6) is 0 Å². The number of thiocarbonyl (C=S) groups is 1. The minimum atomic E-state index is 0.463. The van der Waals surface area contributed by atoms with Crippen molar-refractivity contribution >= 4 is 17.2 Å². The summed E-state index contributed by atoms with van der Waals surface area (Å²) in [6, 6.07) is 15.5. The van der Waals surface area contributed by atoms with Gasteiger partial charge in [-0.05, 0) is 35.6 Å². The molecular formula is C21H21NS. The van der Waals surface area contributed by atoms with Gasteiger partial charge in [-0.15, -0.1) is 0 Å². The number of benzene rings is 2. The molecule has 1 aliphatic carbocycles. The Labute approximate surface area is 143 Å². The molecule has 0 unspecified atom stereocenters. The molecule has 0 aromatic heterocycles. The van der Waals surface area contributed by atoms with Crippen molar-refractivity contribution in [2.45, 2.75) is 38.8 Å². The number of rotatable bonds is 2. The highest BCUT2D eigenvalue weighted by Crippen LogP contribution is 2.36. The molecule has 0 radical (unpaired) electrons. The van der Waals surface area contributed by atoms with Crippen molar-refractivity contribution in [3.05, 3.63) is 82.4 Å². The summed E-state index contributed by atoms with van der Waals surface area (Å²) in [7, 11) is 0. The second-order valence-electron chi connectivity index (χ2n) is 6.67. The van der Waals surface area contributed by atoms with Gasteiger partial charge in [0.05, 0.1) is 4.99 Å². The molecule has 0 bridgehead atoms. The Bertz CT molecular complexity index is 790. The average Bonchev–Trinajstić information content (AvgIpc) is 2.67. The van der Waals surface area contributed by atoms with Crippen molar-refractivity contribution in [3.63, 3.8) is 0 Å². The normalized spacial score (nSPS) is 19.4. The fourth-order valence-corrected chi connectivity index (χ4v) is 4.18. The fourth-order valence-electron chi connectivity index (χ4n) is 3.87. The van der Waals surface area contributed by atoms with Crippen molar-refractivity contribution < 1.29 is 0 Å². The average molecular weight is 319 g/mol. The number of hydrogen-bond acceptors (Lipinski definition) is 1. The molecule has 0 spiro atoms. The lowest BCUT2D eigenvalue weighted by atomic mass is 9.83. The molecule has 0 amide bonds. The van der Waals surface area contributed by atoms with E-state index in [1.807, 2.05) is 0 Å². The molecule has 2 heteroatoms. The van der Waals surface area contributed by atoms with Gasteiger partial charge in [0.15, 0.2) is 0 Å². The molecule has 1 atom stereocenters. The topological polar surface area (TPSA) is 3.24 Å². The molecule has 1 aliphatic heterocycles. The highest BCUT2D eigenvalue weighted by molar-refractivity contribution is 7.80. The van der Waals surface area contributed by atoms with Crippen LogP contribution in [0.15, 0.2) is 54.6 Å². The van der Waals surface area contributed by atoms with E-state index in [4.69, 9.17) is 12.2 Å². The quantitative estimate of drug-likeness (QED) is 0.571. The maximum absolute atomic E-state index is 5.80. The van der Waals surface area contributed by atoms with Gasteiger partial charge >= 0.3 is 0 Å². The minimum absolute atomic E-state index is 0.463. The van der Waals surface area contributed by atoms with Gasteiger partial charge in [0.2, 0.25) is 0 Å². The van der Waals surface area contributed by atoms with Crippen LogP contribution in [0.25, 0.3) is 0 Å². The van der Waals surface area contributed by atoms with Crippen LogP contribution in [-0.2, 0) is 19.5 Å². The van der Waals surface area contributed by atoms with Gasteiger partial charge in [0.1, 0.15) is 0 Å². The van der Waals surface area contributed by atoms with Gasteiger partial charge in [0, 0.05) is 25.4 Å². The van der Waals surface area contributed by atoms with Gasteiger partial charge in [-0.3, -0.25) is 0 Å². The van der Waals surface area contributed by atoms with Crippen molar-refractivity contribution in [1.29, 1.82) is 0 Å². The highest BCUT2D eigenvalue weighted by Gasteiger charge is 2.27. The Balaban J connectivity index is 1.68. The van der Waals surface area contributed by atoms with Gasteiger partial charge in [0.25, 0.3) is 0 Å². The van der Waals surface area contributed by atoms with Gasteiger partial charge in [-0.25, -0.2) is 0 Å². The molecule has 2 aliphatic rings. The van der Waals surface area contributed by atoms with Gasteiger partial charge in [-0.1, -0.05) is 72.4 Å². The smallest absolute Gasteiger partial charge is 0.0794 e. The van der Waals surface area contributed by atoms with Crippen LogP contribution in [0.2, 0.25) is 0 Å². The summed E-state index contributed by atoms with van der Waals surface area (Å²) >= 11 is 5.80. The molecule has 0 N–H and O–H groups in total. The first-order valence-electron chi connectivity index (χ1n) is 8.31. The van der Waals surface area contributed by atoms with E-state index in [0.717, 1.165) is 30.9 Å². The van der Waals surface area contributed by atoms with Crippen LogP contribution in [0, 0.1) is 6.92 Å². The van der Waals surface area contributed by atoms with E-state index in [2.05, 4.69) is 66.4 Å². The van der Waals surface area contributed by atoms with Crippen LogP contribution in [-0.4, -0.2) is 9.89 Å². The van der Waals surface area contributed by atoms with Crippen LogP contribution >= 0.6 is 12.2 Å². The monoisotopic (exact) mass is 319 g/mol. The Morgan fingerprint density at radius 3 is 2.83 bits per heavy atom. The van der Waals surface area contributed by atoms with Crippen LogP contribution in [0.4, 0.5) is 0 Å². The second kappa shape index (κ2) is 5.93. The molecule has 2 aromatic rings. The fraction of sp³-hybridized carbons (Fsp3) is 0.286. The second-order valence-corrected chi connectivity index (χ2v) is 7.14. The zero-order chi connectivity index (χ0) is 15.8. The van der Waals surface area contributed by atoms with E-state index in [0.29, 0.717) is 5.92 Å². The van der Waals surface area contributed by atoms with Crippen molar-refractivity contribution in [1.82, 2.24) is 4.90 Å². The zero-order valence-electron chi connectivity index (χ0n) is 13.5. The number of aryl methyl sites for hydroxylation is 1. The first-order chi connectivity index (χ1) is 11.2. The summed E-state index contributed by atoms with van der Waals surface area (Å²) in [5.74, 6) is 0.463. The first kappa shape index (κ1) is 14.6. The summed E-state index contributed by atoms with van der Waals surface area (Å²) in [4.78, 5) is 3.47. The molecule has 0 saturated carbocycles. The first-order valence-corrected chi connectivity index (χ1v) is 8.72. The molecule has 0 fully saturated rings. The lowest BCUT2D eigenvalue weighted by Gasteiger charge is -2.24. The third-order valence-corrected chi connectivity index (χ3v) is 5.35. The number of nitrogens with zero attached hydrogens (tertiary/aromatic N) is 1. The molecule has 4 rings (SSSR count). The standard InChI is InChI=1S/C21H21NS/c1-15-5-2-6-16(11-15)13-22-14-19-10-4-8-17-7-3-9-18(21(17)19)12-20(22)23/h2-6,8-11,18H,7,12-14H2,1H3/t18-/m1/s1. The minimum Gasteiger partial charge on any atom is -0.357 e. The third kappa shape index (κ3) is 2.84. The summed E-state index contributed by atoms with van der Waals surface area (Å²) in [6.45, 7) is 3.98. The maximum atomic E-state index is 5.80. The largest absolute Gasteiger partial charge is 0.357 e. The zero-order valence-corrected chi connectivity index (χ0v) is 14.3. The van der Waals surface area contributed by atoms with E-state index < -0.39 is 0 Å². The Kier molecular flexibility index (Phi) is 3.78. The van der Waals surface area contributed by atoms with E-state index in [1.54, 1.807) is 0 Å². The summed E-state index contributed by atoms with van der Waals surface area (Å²) in [6.07, 6.45) is 6.68. The molecule has 0 saturated heterocycles. The van der Waals surface area contributed by atoms with Crippen molar-refractivity contribution in [3.8, 4) is 0 Å². The lowest BCUT2D eigenvalue weighted by molar-refractivity contribution is 0.410. The van der Waals surface area contributed by atoms with E-state index in [-0.39, 0.29) is 0 Å². The van der Waals surface area contributed by atoms with Crippen molar-refractivity contribution in [2.75, 3.05) is 0 Å². The molecule has 1 heterocycles. The van der Waals surface area contributed by atoms with E-state index in [9.17, 15) is 0 Å². The predicted molar refractivity (Wildman–Crippen MR) is 99.7 cm³/mol. The summed E-state index contributed by atoms with van der Waals surface area (Å²) in [5, 5.41) is 0. The molecule has 23 heavy (non-hydrogen) atoms. The SMILES string of the molecule is Cc1cccc(CN2Cc3cccc4c3[C@H](C=CC4)CC2=S)c1. The van der Waals surface area contributed by atoms with Gasteiger partial charge < -0.3 is 4.90 Å². The van der Waals surface area contributed by atoms with Gasteiger partial charge in [-0.2, -0.15) is 0 Å². The lowest BCUT2D eigenvalue weighted by Crippen LogP contribution is -2.27. The van der Waals surface area contributed by atoms with E-state index >= 15 is 0 Å². The number of hydrogen-bond donors (Lipinski definition) is 0. The Morgan fingerprint density at radius 1 is 1.13 bits per heavy atom. The third-order valence-electron chi connectivity index (χ3n) is 4.93. The molecule has 116 valence electrons. The van der Waals surface area contributed by atoms with Crippen LogP contribution < -0.4 is 0 Å². The molecule has 2 aromatic carbocycles. The van der Waals surface area contributed by atoms with Crippen LogP contribution in [0.1, 0.15) is 40.2 Å². The predicted octanol–water partition coefficient (Wildman–Crippen LogP) is 4.92. The number of allylic oxidation sites excluding steroid dienone is 2. The highest BCUT2D eigenvalue weighted by atomic mass is 32.1. The van der Waals surface area contributed by atoms with E-state index in [1.165, 1.54) is 27.8 Å². The summed E-state index contributed by atoms with van der Waals surface area (Å²) < 4.78 is 0.